The number of nitrogens with zero attached hydrogens (tertiary/aromatic N) is 1. The first-order valence-corrected chi connectivity index (χ1v) is 12.1. The summed E-state index contributed by atoms with van der Waals surface area (Å²) in [4.78, 5) is 36.7. The minimum atomic E-state index is -1.13. The summed E-state index contributed by atoms with van der Waals surface area (Å²) in [5, 5.41) is 18.7. The van der Waals surface area contributed by atoms with Crippen molar-refractivity contribution in [2.45, 2.75) is 32.0 Å². The van der Waals surface area contributed by atoms with Gasteiger partial charge in [0.2, 0.25) is 0 Å². The van der Waals surface area contributed by atoms with Crippen LogP contribution in [-0.2, 0) is 22.5 Å². The minimum Gasteiger partial charge on any atom is -0.480 e. The molecule has 200 valence electrons. The number of alkyl carbamates (subject to hydrolysis) is 1. The highest BCUT2D eigenvalue weighted by Crippen LogP contribution is 2.23. The van der Waals surface area contributed by atoms with Gasteiger partial charge >= 0.3 is 12.1 Å². The number of hydrogen-bond donors (Lipinski definition) is 3. The molecule has 4 aromatic rings. The predicted molar refractivity (Wildman–Crippen MR) is 139 cm³/mol. The van der Waals surface area contributed by atoms with E-state index in [2.05, 4.69) is 15.8 Å². The van der Waals surface area contributed by atoms with Gasteiger partial charge in [-0.05, 0) is 30.7 Å². The minimum absolute atomic E-state index is 0.0314. The Kier molecular flexibility index (Phi) is 8.67. The molecule has 2 amide bonds. The van der Waals surface area contributed by atoms with Crippen LogP contribution in [0.1, 0.15) is 40.1 Å². The molecule has 0 bridgehead atoms. The van der Waals surface area contributed by atoms with E-state index in [0.29, 0.717) is 16.8 Å². The van der Waals surface area contributed by atoms with Gasteiger partial charge in [0.15, 0.2) is 0 Å². The number of carboxylic acids is 1. The van der Waals surface area contributed by atoms with Crippen molar-refractivity contribution in [3.63, 3.8) is 0 Å². The predicted octanol–water partition coefficient (Wildman–Crippen LogP) is 4.89. The van der Waals surface area contributed by atoms with E-state index in [-0.39, 0.29) is 24.1 Å². The molecular weight excluding hydrogens is 505 g/mol. The molecule has 10 heteroatoms. The molecule has 9 nitrogen and oxygen atoms in total. The molecule has 0 fully saturated rings. The van der Waals surface area contributed by atoms with Gasteiger partial charge in [-0.25, -0.2) is 14.0 Å². The van der Waals surface area contributed by atoms with Crippen LogP contribution in [0.15, 0.2) is 89.6 Å². The van der Waals surface area contributed by atoms with E-state index in [4.69, 9.17) is 9.26 Å². The fourth-order valence-electron chi connectivity index (χ4n) is 3.93. The lowest BCUT2D eigenvalue weighted by atomic mass is 10.0. The molecular formula is C29H26FN3O6. The van der Waals surface area contributed by atoms with Crippen molar-refractivity contribution < 1.29 is 33.1 Å². The number of carbonyl (C=O) groups is 3. The van der Waals surface area contributed by atoms with Gasteiger partial charge in [0.25, 0.3) is 5.91 Å². The number of halogens is 1. The highest BCUT2D eigenvalue weighted by Gasteiger charge is 2.22. The lowest BCUT2D eigenvalue weighted by molar-refractivity contribution is -0.139. The van der Waals surface area contributed by atoms with Gasteiger partial charge < -0.3 is 25.0 Å². The van der Waals surface area contributed by atoms with E-state index in [0.717, 1.165) is 5.56 Å². The zero-order valence-electron chi connectivity index (χ0n) is 21.0. The van der Waals surface area contributed by atoms with Crippen LogP contribution in [0.25, 0.3) is 11.3 Å². The van der Waals surface area contributed by atoms with Crippen LogP contribution in [0.2, 0.25) is 0 Å². The fourth-order valence-corrected chi connectivity index (χ4v) is 3.93. The van der Waals surface area contributed by atoms with Crippen molar-refractivity contribution in [3.8, 4) is 11.3 Å². The average Bonchev–Trinajstić information content (AvgIpc) is 3.41. The molecule has 2 atom stereocenters. The Balaban J connectivity index is 1.36. The quantitative estimate of drug-likeness (QED) is 0.265. The van der Waals surface area contributed by atoms with Gasteiger partial charge in [0.05, 0.1) is 6.54 Å². The smallest absolute Gasteiger partial charge is 0.408 e. The Hall–Kier alpha value is -4.99. The Morgan fingerprint density at radius 2 is 1.69 bits per heavy atom. The number of ether oxygens (including phenoxy) is 1. The number of benzene rings is 3. The van der Waals surface area contributed by atoms with Gasteiger partial charge in [-0.15, -0.1) is 0 Å². The van der Waals surface area contributed by atoms with Gasteiger partial charge in [0, 0.05) is 28.7 Å². The van der Waals surface area contributed by atoms with Crippen molar-refractivity contribution in [3.05, 3.63) is 113 Å². The normalized spacial score (nSPS) is 12.3. The summed E-state index contributed by atoms with van der Waals surface area (Å²) in [6, 6.07) is 20.4. The first-order valence-electron chi connectivity index (χ1n) is 12.1. The highest BCUT2D eigenvalue weighted by molar-refractivity contribution is 5.97. The Labute approximate surface area is 223 Å². The zero-order valence-corrected chi connectivity index (χ0v) is 21.0. The van der Waals surface area contributed by atoms with E-state index < -0.39 is 35.9 Å². The number of nitrogens with one attached hydrogen (secondary N) is 2. The Morgan fingerprint density at radius 1 is 1.00 bits per heavy atom. The number of aliphatic carboxylic acids is 1. The maximum Gasteiger partial charge on any atom is 0.408 e. The molecule has 0 aliphatic rings. The molecule has 3 N–H and O–H groups in total. The second-order valence-electron chi connectivity index (χ2n) is 8.74. The van der Waals surface area contributed by atoms with Crippen molar-refractivity contribution in [2.75, 3.05) is 0 Å². The number of amides is 2. The molecule has 0 spiro atoms. The zero-order chi connectivity index (χ0) is 27.8. The van der Waals surface area contributed by atoms with Crippen LogP contribution >= 0.6 is 0 Å². The van der Waals surface area contributed by atoms with Crippen LogP contribution in [-0.4, -0.2) is 34.3 Å². The van der Waals surface area contributed by atoms with Gasteiger partial charge in [-0.2, -0.15) is 0 Å². The topological polar surface area (TPSA) is 131 Å². The van der Waals surface area contributed by atoms with Crippen molar-refractivity contribution in [1.82, 2.24) is 15.8 Å². The Bertz CT molecular complexity index is 1440. The Morgan fingerprint density at radius 3 is 2.38 bits per heavy atom. The first kappa shape index (κ1) is 27.1. The molecule has 2 unspecified atom stereocenters. The molecule has 39 heavy (non-hydrogen) atoms. The van der Waals surface area contributed by atoms with Gasteiger partial charge in [-0.3, -0.25) is 4.79 Å². The van der Waals surface area contributed by atoms with E-state index in [9.17, 15) is 23.9 Å². The van der Waals surface area contributed by atoms with Crippen LogP contribution < -0.4 is 10.6 Å². The van der Waals surface area contributed by atoms with Crippen molar-refractivity contribution in [2.24, 2.45) is 0 Å². The molecule has 1 heterocycles. The highest BCUT2D eigenvalue weighted by atomic mass is 19.1. The van der Waals surface area contributed by atoms with E-state index in [1.807, 2.05) is 6.07 Å². The summed E-state index contributed by atoms with van der Waals surface area (Å²) < 4.78 is 24.3. The second kappa shape index (κ2) is 12.5. The van der Waals surface area contributed by atoms with E-state index in [1.165, 1.54) is 12.3 Å². The van der Waals surface area contributed by atoms with Gasteiger partial charge in [0.1, 0.15) is 29.9 Å². The molecule has 0 saturated heterocycles. The molecule has 0 aliphatic carbocycles. The number of aromatic nitrogens is 1. The monoisotopic (exact) mass is 531 g/mol. The average molecular weight is 532 g/mol. The van der Waals surface area contributed by atoms with Crippen LogP contribution in [0, 0.1) is 5.82 Å². The standard InChI is InChI=1S/C29H26FN3O6/c1-18(23-9-5-6-10-24(23)30)39-29(37)31-16-22-17-38-33-26(22)20-11-13-21(14-12-20)27(34)32-25(28(35)36)15-19-7-3-2-4-8-19/h2-14,17-18,25H,15-16H2,1H3,(H,31,37)(H,32,34)(H,35,36). The molecule has 0 radical (unpaired) electrons. The van der Waals surface area contributed by atoms with Crippen molar-refractivity contribution >= 4 is 18.0 Å². The summed E-state index contributed by atoms with van der Waals surface area (Å²) in [6.45, 7) is 1.60. The first-order chi connectivity index (χ1) is 18.8. The van der Waals surface area contributed by atoms with Crippen molar-refractivity contribution in [1.29, 1.82) is 0 Å². The third-order valence-corrected chi connectivity index (χ3v) is 6.00. The fraction of sp³-hybridized carbons (Fsp3) is 0.172. The van der Waals surface area contributed by atoms with Crippen LogP contribution in [0.5, 0.6) is 0 Å². The summed E-state index contributed by atoms with van der Waals surface area (Å²) in [5.41, 5.74) is 2.93. The van der Waals surface area contributed by atoms with E-state index >= 15 is 0 Å². The number of carboxylic acid groups (broad SMARTS) is 1. The summed E-state index contributed by atoms with van der Waals surface area (Å²) in [6.07, 6.45) is -0.0115. The maximum absolute atomic E-state index is 13.9. The molecule has 0 saturated carbocycles. The summed E-state index contributed by atoms with van der Waals surface area (Å²) >= 11 is 0. The second-order valence-corrected chi connectivity index (χ2v) is 8.74. The molecule has 1 aromatic heterocycles. The lowest BCUT2D eigenvalue weighted by Gasteiger charge is -2.15. The largest absolute Gasteiger partial charge is 0.480 e. The molecule has 4 rings (SSSR count). The third-order valence-electron chi connectivity index (χ3n) is 6.00. The van der Waals surface area contributed by atoms with Crippen LogP contribution in [0.4, 0.5) is 9.18 Å². The molecule has 0 aliphatic heterocycles. The lowest BCUT2D eigenvalue weighted by Crippen LogP contribution is -2.42. The third kappa shape index (κ3) is 7.07. The SMILES string of the molecule is CC(OC(=O)NCc1conc1-c1ccc(C(=O)NC(Cc2ccccc2)C(=O)O)cc1)c1ccccc1F. The summed E-state index contributed by atoms with van der Waals surface area (Å²) in [7, 11) is 0. The number of hydrogen-bond acceptors (Lipinski definition) is 6. The van der Waals surface area contributed by atoms with E-state index in [1.54, 1.807) is 73.7 Å². The van der Waals surface area contributed by atoms with Gasteiger partial charge in [-0.1, -0.05) is 65.8 Å². The molecule has 3 aromatic carbocycles. The maximum atomic E-state index is 13.9. The van der Waals surface area contributed by atoms with Crippen LogP contribution in [0.3, 0.4) is 0 Å². The number of rotatable bonds is 10. The summed E-state index contributed by atoms with van der Waals surface area (Å²) in [5.74, 6) is -2.13. The number of carbonyl (C=O) groups excluding carboxylic acids is 2.